The van der Waals surface area contributed by atoms with Crippen LogP contribution in [-0.2, 0) is 9.59 Å². The number of hydrogen-bond donors (Lipinski definition) is 3. The Balaban J connectivity index is 1.72. The average molecular weight is 432 g/mol. The van der Waals surface area contributed by atoms with Crippen LogP contribution in [0.2, 0.25) is 0 Å². The van der Waals surface area contributed by atoms with E-state index < -0.39 is 35.9 Å². The molecular formula is C19H13FN2O5S2. The molecule has 1 aliphatic rings. The first-order valence-electron chi connectivity index (χ1n) is 8.12. The number of thiocarbonyl (C=S) groups is 1. The second kappa shape index (κ2) is 8.41. The van der Waals surface area contributed by atoms with Gasteiger partial charge in [-0.2, -0.15) is 0 Å². The van der Waals surface area contributed by atoms with E-state index in [4.69, 9.17) is 17.3 Å². The minimum atomic E-state index is -1.35. The predicted molar refractivity (Wildman–Crippen MR) is 110 cm³/mol. The van der Waals surface area contributed by atoms with Crippen molar-refractivity contribution >= 4 is 57.8 Å². The number of halogens is 1. The van der Waals surface area contributed by atoms with Gasteiger partial charge in [0.15, 0.2) is 0 Å². The number of aromatic carboxylic acids is 1. The van der Waals surface area contributed by atoms with Crippen LogP contribution >= 0.6 is 24.0 Å². The number of carbonyl (C=O) groups excluding carboxylic acids is 2. The summed E-state index contributed by atoms with van der Waals surface area (Å²) in [5.41, 5.74) is -0.0125. The number of nitrogens with zero attached hydrogens (tertiary/aromatic N) is 1. The maximum absolute atomic E-state index is 13.8. The van der Waals surface area contributed by atoms with Gasteiger partial charge in [-0.05, 0) is 30.3 Å². The zero-order chi connectivity index (χ0) is 21.1. The first-order chi connectivity index (χ1) is 13.8. The molecule has 0 atom stereocenters. The predicted octanol–water partition coefficient (Wildman–Crippen LogP) is 3.07. The number of thioether (sulfide) groups is 1. The highest BCUT2D eigenvalue weighted by Gasteiger charge is 2.33. The molecule has 148 valence electrons. The molecule has 0 spiro atoms. The summed E-state index contributed by atoms with van der Waals surface area (Å²) in [5, 5.41) is 21.0. The summed E-state index contributed by atoms with van der Waals surface area (Å²) in [6, 6.07) is 9.49. The Morgan fingerprint density at radius 2 is 1.97 bits per heavy atom. The molecule has 3 N–H and O–H groups in total. The standard InChI is InChI=1S/C19H13FN2O5S2/c20-13-4-2-1-3-10(13)7-15-17(25)22(19(28)29-15)9-16(24)21-11-5-6-14(23)12(8-11)18(26)27/h1-8,23H,9H2,(H,21,24)(H,26,27). The molecule has 7 nitrogen and oxygen atoms in total. The van der Waals surface area contributed by atoms with E-state index in [-0.39, 0.29) is 26.0 Å². The molecule has 0 saturated carbocycles. The van der Waals surface area contributed by atoms with Crippen LogP contribution in [0.25, 0.3) is 6.08 Å². The van der Waals surface area contributed by atoms with Crippen molar-refractivity contribution in [2.24, 2.45) is 0 Å². The summed E-state index contributed by atoms with van der Waals surface area (Å²) < 4.78 is 13.9. The van der Waals surface area contributed by atoms with E-state index in [1.165, 1.54) is 30.3 Å². The van der Waals surface area contributed by atoms with Gasteiger partial charge in [0, 0.05) is 11.3 Å². The number of hydrogen-bond acceptors (Lipinski definition) is 6. The molecule has 1 fully saturated rings. The fourth-order valence-corrected chi connectivity index (χ4v) is 3.74. The zero-order valence-electron chi connectivity index (χ0n) is 14.6. The van der Waals surface area contributed by atoms with Gasteiger partial charge in [-0.15, -0.1) is 0 Å². The number of phenols is 1. The summed E-state index contributed by atoms with van der Waals surface area (Å²) in [6.45, 7) is -0.400. The number of amides is 2. The van der Waals surface area contributed by atoms with E-state index in [0.29, 0.717) is 0 Å². The zero-order valence-corrected chi connectivity index (χ0v) is 16.2. The van der Waals surface area contributed by atoms with E-state index in [1.54, 1.807) is 6.07 Å². The van der Waals surface area contributed by atoms with Crippen molar-refractivity contribution in [3.8, 4) is 5.75 Å². The second-order valence-electron chi connectivity index (χ2n) is 5.87. The van der Waals surface area contributed by atoms with Crippen molar-refractivity contribution in [1.82, 2.24) is 4.90 Å². The number of carboxylic acids is 1. The lowest BCUT2D eigenvalue weighted by molar-refractivity contribution is -0.126. The van der Waals surface area contributed by atoms with Gasteiger partial charge in [-0.25, -0.2) is 9.18 Å². The Hall–Kier alpha value is -3.24. The monoisotopic (exact) mass is 432 g/mol. The first-order valence-corrected chi connectivity index (χ1v) is 9.35. The van der Waals surface area contributed by atoms with E-state index in [1.807, 2.05) is 0 Å². The Morgan fingerprint density at radius 1 is 1.24 bits per heavy atom. The molecule has 1 heterocycles. The highest BCUT2D eigenvalue weighted by molar-refractivity contribution is 8.26. The molecule has 0 radical (unpaired) electrons. The van der Waals surface area contributed by atoms with Gasteiger partial charge in [0.2, 0.25) is 5.91 Å². The smallest absolute Gasteiger partial charge is 0.339 e. The highest BCUT2D eigenvalue weighted by atomic mass is 32.2. The normalized spacial score (nSPS) is 15.1. The third-order valence-corrected chi connectivity index (χ3v) is 5.26. The summed E-state index contributed by atoms with van der Waals surface area (Å²) >= 11 is 6.09. The van der Waals surface area contributed by atoms with Crippen LogP contribution in [0.15, 0.2) is 47.4 Å². The van der Waals surface area contributed by atoms with Crippen molar-refractivity contribution in [2.45, 2.75) is 0 Å². The summed E-state index contributed by atoms with van der Waals surface area (Å²) in [5.74, 6) is -3.43. The Bertz CT molecular complexity index is 1070. The summed E-state index contributed by atoms with van der Waals surface area (Å²) in [4.78, 5) is 37.1. The second-order valence-corrected chi connectivity index (χ2v) is 7.55. The van der Waals surface area contributed by atoms with Gasteiger partial charge < -0.3 is 15.5 Å². The largest absolute Gasteiger partial charge is 0.507 e. The van der Waals surface area contributed by atoms with Crippen molar-refractivity contribution in [3.63, 3.8) is 0 Å². The van der Waals surface area contributed by atoms with Crippen LogP contribution in [-0.4, -0.2) is 43.8 Å². The van der Waals surface area contributed by atoms with E-state index in [0.717, 1.165) is 28.8 Å². The topological polar surface area (TPSA) is 107 Å². The molecule has 0 aliphatic carbocycles. The number of benzene rings is 2. The van der Waals surface area contributed by atoms with Crippen molar-refractivity contribution < 1.29 is 29.0 Å². The number of anilines is 1. The fraction of sp³-hybridized carbons (Fsp3) is 0.0526. The van der Waals surface area contributed by atoms with Gasteiger partial charge in [-0.1, -0.05) is 42.2 Å². The number of carbonyl (C=O) groups is 3. The lowest BCUT2D eigenvalue weighted by Gasteiger charge is -2.14. The average Bonchev–Trinajstić information content (AvgIpc) is 2.92. The molecule has 0 unspecified atom stereocenters. The molecular weight excluding hydrogens is 419 g/mol. The lowest BCUT2D eigenvalue weighted by atomic mass is 10.2. The molecule has 2 aromatic rings. The lowest BCUT2D eigenvalue weighted by Crippen LogP contribution is -2.36. The van der Waals surface area contributed by atoms with Gasteiger partial charge >= 0.3 is 5.97 Å². The quantitative estimate of drug-likeness (QED) is 0.379. The maximum Gasteiger partial charge on any atom is 0.339 e. The van der Waals surface area contributed by atoms with Crippen LogP contribution in [0, 0.1) is 5.82 Å². The van der Waals surface area contributed by atoms with Crippen LogP contribution in [0.4, 0.5) is 10.1 Å². The van der Waals surface area contributed by atoms with Crippen molar-refractivity contribution in [1.29, 1.82) is 0 Å². The molecule has 0 aromatic heterocycles. The molecule has 10 heteroatoms. The molecule has 29 heavy (non-hydrogen) atoms. The number of nitrogens with one attached hydrogen (secondary N) is 1. The third-order valence-electron chi connectivity index (χ3n) is 3.88. The minimum Gasteiger partial charge on any atom is -0.507 e. The molecule has 0 bridgehead atoms. The van der Waals surface area contributed by atoms with Crippen molar-refractivity contribution in [3.05, 3.63) is 64.3 Å². The van der Waals surface area contributed by atoms with E-state index in [2.05, 4.69) is 5.32 Å². The van der Waals surface area contributed by atoms with Crippen LogP contribution in [0.1, 0.15) is 15.9 Å². The van der Waals surface area contributed by atoms with Crippen LogP contribution < -0.4 is 5.32 Å². The number of carboxylic acid groups (broad SMARTS) is 1. The van der Waals surface area contributed by atoms with Gasteiger partial charge in [-0.3, -0.25) is 14.5 Å². The maximum atomic E-state index is 13.8. The first kappa shape index (κ1) is 20.5. The minimum absolute atomic E-state index is 0.137. The van der Waals surface area contributed by atoms with E-state index >= 15 is 0 Å². The SMILES string of the molecule is O=C(CN1C(=O)C(=Cc2ccccc2F)SC1=S)Nc1ccc(O)c(C(=O)O)c1. The fourth-order valence-electron chi connectivity index (χ4n) is 2.50. The molecule has 3 rings (SSSR count). The Kier molecular flexibility index (Phi) is 5.95. The highest BCUT2D eigenvalue weighted by Crippen LogP contribution is 2.32. The van der Waals surface area contributed by atoms with Gasteiger partial charge in [0.1, 0.15) is 28.0 Å². The van der Waals surface area contributed by atoms with Crippen molar-refractivity contribution in [2.75, 3.05) is 11.9 Å². The van der Waals surface area contributed by atoms with Gasteiger partial charge in [0.05, 0.1) is 4.91 Å². The third kappa shape index (κ3) is 4.61. The molecule has 2 amide bonds. The van der Waals surface area contributed by atoms with Gasteiger partial charge in [0.25, 0.3) is 5.91 Å². The molecule has 1 aliphatic heterocycles. The van der Waals surface area contributed by atoms with E-state index in [9.17, 15) is 23.9 Å². The Labute approximate surface area is 173 Å². The molecule has 2 aromatic carbocycles. The summed E-state index contributed by atoms with van der Waals surface area (Å²) in [6.07, 6.45) is 1.37. The van der Waals surface area contributed by atoms with Crippen LogP contribution in [0.5, 0.6) is 5.75 Å². The number of aromatic hydroxyl groups is 1. The van der Waals surface area contributed by atoms with Crippen LogP contribution in [0.3, 0.4) is 0 Å². The summed E-state index contributed by atoms with van der Waals surface area (Å²) in [7, 11) is 0. The Morgan fingerprint density at radius 3 is 2.66 bits per heavy atom. The number of rotatable bonds is 5. The molecule has 1 saturated heterocycles.